The van der Waals surface area contributed by atoms with E-state index >= 15 is 0 Å². The molecule has 1 saturated carbocycles. The summed E-state index contributed by atoms with van der Waals surface area (Å²) in [6, 6.07) is 7.84. The minimum absolute atomic E-state index is 0.220. The Labute approximate surface area is 169 Å². The number of hydrogen-bond acceptors (Lipinski definition) is 0. The molecule has 0 spiro atoms. The molecule has 1 saturated heterocycles. The topological polar surface area (TPSA) is 0 Å². The van der Waals surface area contributed by atoms with E-state index in [0.29, 0.717) is 0 Å². The lowest BCUT2D eigenvalue weighted by Crippen LogP contribution is -2.39. The van der Waals surface area contributed by atoms with Crippen LogP contribution in [0.15, 0.2) is 18.2 Å². The Morgan fingerprint density at radius 1 is 1.00 bits per heavy atom. The largest absolute Gasteiger partial charge is 0.205 e. The lowest BCUT2D eigenvalue weighted by molar-refractivity contribution is 0.328. The highest BCUT2D eigenvalue weighted by molar-refractivity contribution is 7.21. The lowest BCUT2D eigenvalue weighted by Gasteiger charge is -2.42. The molecule has 0 aromatic heterocycles. The van der Waals surface area contributed by atoms with E-state index in [-0.39, 0.29) is 10.8 Å². The summed E-state index contributed by atoms with van der Waals surface area (Å²) in [6.45, 7) is 2.31. The number of hydrogen-bond donors (Lipinski definition) is 0. The molecule has 0 amide bonds. The predicted octanol–water partition coefficient (Wildman–Crippen LogP) is 8.37. The van der Waals surface area contributed by atoms with E-state index < -0.39 is 7.38 Å². The third kappa shape index (κ3) is 5.26. The van der Waals surface area contributed by atoms with Gasteiger partial charge in [-0.15, -0.1) is 0 Å². The average molecular weight is 415 g/mol. The normalized spacial score (nSPS) is 32.5. The fraction of sp³-hybridized carbons (Fsp3) is 0.727. The number of rotatable bonds is 6. The minimum Gasteiger partial charge on any atom is -0.205 e. The van der Waals surface area contributed by atoms with Crippen LogP contribution in [0.5, 0.6) is 0 Å². The maximum absolute atomic E-state index is 13.6. The van der Waals surface area contributed by atoms with Crippen LogP contribution in [0.1, 0.15) is 70.3 Å². The zero-order chi connectivity index (χ0) is 18.6. The molecule has 0 N–H and O–H groups in total. The van der Waals surface area contributed by atoms with Crippen molar-refractivity contribution < 1.29 is 4.39 Å². The van der Waals surface area contributed by atoms with Gasteiger partial charge in [-0.1, -0.05) is 76.0 Å². The Balaban J connectivity index is 1.44. The van der Waals surface area contributed by atoms with E-state index in [0.717, 1.165) is 35.8 Å². The van der Waals surface area contributed by atoms with Gasteiger partial charge in [0, 0.05) is 0 Å². The Hall–Kier alpha value is -0.0531. The van der Waals surface area contributed by atoms with Crippen molar-refractivity contribution >= 4 is 30.1 Å². The van der Waals surface area contributed by atoms with Gasteiger partial charge in [0.15, 0.2) is 7.38 Å². The van der Waals surface area contributed by atoms with Crippen molar-refractivity contribution in [2.75, 3.05) is 0 Å². The molecule has 1 heterocycles. The molecule has 0 atom stereocenters. The maximum atomic E-state index is 13.6. The Bertz CT molecular complexity index is 576. The van der Waals surface area contributed by atoms with Gasteiger partial charge < -0.3 is 0 Å². The van der Waals surface area contributed by atoms with Crippen molar-refractivity contribution in [3.8, 4) is 0 Å². The van der Waals surface area contributed by atoms with Gasteiger partial charge in [0.05, 0.1) is 5.02 Å². The van der Waals surface area contributed by atoms with Gasteiger partial charge in [-0.2, -0.15) is 11.1 Å². The van der Waals surface area contributed by atoms with Crippen molar-refractivity contribution in [1.29, 1.82) is 0 Å². The van der Waals surface area contributed by atoms with Crippen molar-refractivity contribution in [1.82, 2.24) is 0 Å². The number of halogens is 3. The van der Waals surface area contributed by atoms with E-state index in [1.165, 1.54) is 63.5 Å². The Morgan fingerprint density at radius 3 is 2.27 bits per heavy atom. The molecule has 0 bridgehead atoms. The molecule has 3 rings (SSSR count). The summed E-state index contributed by atoms with van der Waals surface area (Å²) >= 11 is 13.1. The van der Waals surface area contributed by atoms with E-state index in [9.17, 15) is 4.39 Å². The van der Waals surface area contributed by atoms with Crippen LogP contribution in [0.3, 0.4) is 0 Å². The van der Waals surface area contributed by atoms with Crippen LogP contribution in [-0.4, -0.2) is 7.38 Å². The maximum Gasteiger partial charge on any atom is 0.159 e. The van der Waals surface area contributed by atoms with Gasteiger partial charge >= 0.3 is 0 Å². The molecule has 146 valence electrons. The first-order valence-electron chi connectivity index (χ1n) is 10.6. The third-order valence-electron chi connectivity index (χ3n) is 7.04. The first kappa shape index (κ1) is 20.7. The Kier molecular flexibility index (Phi) is 7.50. The van der Waals surface area contributed by atoms with Crippen LogP contribution >= 0.6 is 22.7 Å². The molecule has 26 heavy (non-hydrogen) atoms. The lowest BCUT2D eigenvalue weighted by atomic mass is 9.86. The molecule has 1 aliphatic carbocycles. The second-order valence-electron chi connectivity index (χ2n) is 8.77. The summed E-state index contributed by atoms with van der Waals surface area (Å²) in [4.78, 5) is 0. The highest BCUT2D eigenvalue weighted by atomic mass is 35.6. The van der Waals surface area contributed by atoms with Gasteiger partial charge in [0.1, 0.15) is 5.82 Å². The molecule has 0 radical (unpaired) electrons. The first-order valence-corrected chi connectivity index (χ1v) is 14.5. The molecule has 0 nitrogen and oxygen atoms in total. The summed E-state index contributed by atoms with van der Waals surface area (Å²) < 4.78 is 13.6. The molecule has 1 aromatic carbocycles. The van der Waals surface area contributed by atoms with Crippen molar-refractivity contribution in [3.63, 3.8) is 0 Å². The van der Waals surface area contributed by atoms with Gasteiger partial charge in [-0.25, -0.2) is 4.39 Å². The molecule has 2 aliphatic rings. The molecule has 1 aliphatic heterocycles. The van der Waals surface area contributed by atoms with Gasteiger partial charge in [-0.05, 0) is 60.0 Å². The van der Waals surface area contributed by atoms with Gasteiger partial charge in [-0.3, -0.25) is 0 Å². The first-order chi connectivity index (χ1) is 12.5. The van der Waals surface area contributed by atoms with Crippen LogP contribution < -0.4 is 0 Å². The quantitative estimate of drug-likeness (QED) is 0.323. The van der Waals surface area contributed by atoms with Crippen LogP contribution in [0.4, 0.5) is 4.39 Å². The van der Waals surface area contributed by atoms with Crippen molar-refractivity contribution in [2.24, 2.45) is 11.8 Å². The highest BCUT2D eigenvalue weighted by Gasteiger charge is 2.43. The summed E-state index contributed by atoms with van der Waals surface area (Å²) in [5.41, 5.74) is 1.93. The van der Waals surface area contributed by atoms with Gasteiger partial charge in [0.2, 0.25) is 0 Å². The summed E-state index contributed by atoms with van der Waals surface area (Å²) in [6.07, 6.45) is 13.1. The standard InChI is InChI=1S/C22H33Cl2FSi/c1-2-3-17-6-9-20(10-7-17)26(24)14-12-18(13-15-26)4-5-19-8-11-21(23)22(25)16-19/h8,11,16-18,20H,2-7,9-10,12-15H2,1H3. The zero-order valence-corrected chi connectivity index (χ0v) is 18.6. The summed E-state index contributed by atoms with van der Waals surface area (Å²) in [7, 11) is -1.56. The van der Waals surface area contributed by atoms with E-state index in [2.05, 4.69) is 6.92 Å². The molecule has 2 fully saturated rings. The van der Waals surface area contributed by atoms with Crippen LogP contribution in [0.2, 0.25) is 22.7 Å². The SMILES string of the molecule is CCCC1CCC([Si]2(Cl)CCC(CCc3ccc(Cl)c(F)c3)CC2)CC1. The number of benzene rings is 1. The molecular formula is C22H33Cl2FSi. The van der Waals surface area contributed by atoms with Gasteiger partial charge in [0.25, 0.3) is 0 Å². The molecule has 0 unspecified atom stereocenters. The fourth-order valence-electron chi connectivity index (χ4n) is 5.30. The second kappa shape index (κ2) is 9.43. The molecule has 1 aromatic rings. The van der Waals surface area contributed by atoms with Crippen molar-refractivity contribution in [2.45, 2.75) is 88.8 Å². The average Bonchev–Trinajstić information content (AvgIpc) is 2.65. The smallest absolute Gasteiger partial charge is 0.159 e. The van der Waals surface area contributed by atoms with E-state index in [4.69, 9.17) is 22.7 Å². The second-order valence-corrected chi connectivity index (χ2v) is 15.3. The van der Waals surface area contributed by atoms with Crippen LogP contribution in [-0.2, 0) is 6.42 Å². The molecular weight excluding hydrogens is 382 g/mol. The van der Waals surface area contributed by atoms with Crippen molar-refractivity contribution in [3.05, 3.63) is 34.6 Å². The third-order valence-corrected chi connectivity index (χ3v) is 13.7. The molecule has 4 heteroatoms. The highest BCUT2D eigenvalue weighted by Crippen LogP contribution is 2.50. The predicted molar refractivity (Wildman–Crippen MR) is 114 cm³/mol. The zero-order valence-electron chi connectivity index (χ0n) is 16.1. The van der Waals surface area contributed by atoms with E-state index in [1.807, 2.05) is 6.07 Å². The summed E-state index contributed by atoms with van der Waals surface area (Å²) in [5.74, 6) is 1.45. The summed E-state index contributed by atoms with van der Waals surface area (Å²) in [5, 5.41) is 0.220. The monoisotopic (exact) mass is 414 g/mol. The fourth-order valence-corrected chi connectivity index (χ4v) is 10.9. The number of aryl methyl sites for hydroxylation is 1. The Morgan fingerprint density at radius 2 is 1.65 bits per heavy atom. The van der Waals surface area contributed by atoms with E-state index in [1.54, 1.807) is 12.1 Å². The van der Waals surface area contributed by atoms with Crippen LogP contribution in [0, 0.1) is 17.7 Å². The van der Waals surface area contributed by atoms with Crippen LogP contribution in [0.25, 0.3) is 0 Å². The minimum atomic E-state index is -1.56.